The summed E-state index contributed by atoms with van der Waals surface area (Å²) >= 11 is 11.9. The highest BCUT2D eigenvalue weighted by Gasteiger charge is 2.23. The number of amides is 1. The van der Waals surface area contributed by atoms with Crippen LogP contribution in [0.15, 0.2) is 88.4 Å². The fourth-order valence-corrected chi connectivity index (χ4v) is 4.82. The Bertz CT molecular complexity index is 1530. The predicted octanol–water partition coefficient (Wildman–Crippen LogP) is 6.34. The minimum atomic E-state index is -4.30. The van der Waals surface area contributed by atoms with Crippen molar-refractivity contribution in [1.29, 1.82) is 0 Å². The van der Waals surface area contributed by atoms with Crippen LogP contribution >= 0.6 is 23.2 Å². The Balaban J connectivity index is 1.65. The van der Waals surface area contributed by atoms with Crippen molar-refractivity contribution >= 4 is 39.2 Å². The molecule has 11 heteroatoms. The molecule has 192 valence electrons. The van der Waals surface area contributed by atoms with Crippen LogP contribution in [0.3, 0.4) is 0 Å². The highest BCUT2D eigenvalue weighted by molar-refractivity contribution is 7.87. The van der Waals surface area contributed by atoms with Crippen LogP contribution in [0, 0.1) is 5.82 Å². The van der Waals surface area contributed by atoms with Crippen molar-refractivity contribution in [3.63, 3.8) is 0 Å². The molecule has 1 aromatic heterocycles. The summed E-state index contributed by atoms with van der Waals surface area (Å²) in [7, 11) is -2.93. The number of carbonyl (C=O) groups excluding carboxylic acids is 1. The quantitative estimate of drug-likeness (QED) is 0.221. The number of halogens is 3. The molecule has 0 fully saturated rings. The molecule has 0 spiro atoms. The van der Waals surface area contributed by atoms with Crippen LogP contribution in [0.1, 0.15) is 21.7 Å². The van der Waals surface area contributed by atoms with E-state index in [-0.39, 0.29) is 45.1 Å². The molecule has 0 saturated heterocycles. The highest BCUT2D eigenvalue weighted by Crippen LogP contribution is 2.33. The lowest BCUT2D eigenvalue weighted by atomic mass is 10.1. The molecule has 0 unspecified atom stereocenters. The van der Waals surface area contributed by atoms with E-state index >= 15 is 0 Å². The molecule has 0 N–H and O–H groups in total. The van der Waals surface area contributed by atoms with Gasteiger partial charge in [-0.25, -0.2) is 4.39 Å². The average molecular weight is 564 g/mol. The summed E-state index contributed by atoms with van der Waals surface area (Å²) < 4.78 is 55.6. The number of hydrogen-bond donors (Lipinski definition) is 0. The van der Waals surface area contributed by atoms with Gasteiger partial charge in [0.15, 0.2) is 11.5 Å². The Morgan fingerprint density at radius 3 is 2.43 bits per heavy atom. The first-order valence-electron chi connectivity index (χ1n) is 10.8. The molecule has 0 bridgehead atoms. The summed E-state index contributed by atoms with van der Waals surface area (Å²) in [5, 5.41) is 0.247. The van der Waals surface area contributed by atoms with Gasteiger partial charge < -0.3 is 18.2 Å². The van der Waals surface area contributed by atoms with E-state index in [1.54, 1.807) is 18.2 Å². The molecule has 0 saturated carbocycles. The maximum Gasteiger partial charge on any atom is 0.339 e. The molecule has 1 heterocycles. The number of ether oxygens (including phenoxy) is 1. The number of hydrogen-bond acceptors (Lipinski definition) is 6. The SMILES string of the molecule is COc1ccc(CN(Cc2ccco2)C(=O)c2cccc(F)c2)cc1OS(=O)(=O)c1ccc(Cl)c(Cl)c1. The van der Waals surface area contributed by atoms with Gasteiger partial charge in [0.25, 0.3) is 5.91 Å². The minimum absolute atomic E-state index is 0.0310. The topological polar surface area (TPSA) is 86.0 Å². The Labute approximate surface area is 223 Å². The second kappa shape index (κ2) is 11.2. The second-order valence-corrected chi connectivity index (χ2v) is 10.2. The third-order valence-corrected chi connectivity index (χ3v) is 7.24. The molecular weight excluding hydrogens is 544 g/mol. The summed E-state index contributed by atoms with van der Waals surface area (Å²) in [5.41, 5.74) is 0.676. The van der Waals surface area contributed by atoms with Gasteiger partial charge in [0.2, 0.25) is 0 Å². The lowest BCUT2D eigenvalue weighted by Gasteiger charge is -2.23. The van der Waals surface area contributed by atoms with Gasteiger partial charge in [-0.15, -0.1) is 0 Å². The van der Waals surface area contributed by atoms with Crippen LogP contribution in [-0.2, 0) is 23.2 Å². The zero-order valence-electron chi connectivity index (χ0n) is 19.4. The first-order chi connectivity index (χ1) is 17.7. The molecule has 4 rings (SSSR count). The standard InChI is InChI=1S/C26H20Cl2FNO6S/c1-34-24-10-7-17(12-25(24)36-37(32,33)21-8-9-22(27)23(28)14-21)15-30(16-20-6-3-11-35-20)26(31)18-4-2-5-19(29)13-18/h2-14H,15-16H2,1H3. The van der Waals surface area contributed by atoms with Gasteiger partial charge in [-0.1, -0.05) is 35.3 Å². The van der Waals surface area contributed by atoms with Gasteiger partial charge in [-0.2, -0.15) is 8.42 Å². The first-order valence-corrected chi connectivity index (χ1v) is 13.0. The first kappa shape index (κ1) is 26.5. The van der Waals surface area contributed by atoms with Gasteiger partial charge in [-0.3, -0.25) is 4.79 Å². The normalized spacial score (nSPS) is 11.2. The molecule has 4 aromatic rings. The van der Waals surface area contributed by atoms with Gasteiger partial charge in [-0.05, 0) is 66.2 Å². The second-order valence-electron chi connectivity index (χ2n) is 7.85. The molecule has 37 heavy (non-hydrogen) atoms. The Hall–Kier alpha value is -3.53. The van der Waals surface area contributed by atoms with Crippen molar-refractivity contribution in [2.24, 2.45) is 0 Å². The Morgan fingerprint density at radius 2 is 1.76 bits per heavy atom. The molecule has 0 aliphatic carbocycles. The zero-order valence-corrected chi connectivity index (χ0v) is 21.7. The molecule has 0 atom stereocenters. The Kier molecular flexibility index (Phi) is 8.06. The van der Waals surface area contributed by atoms with Crippen LogP contribution in [-0.4, -0.2) is 26.3 Å². The summed E-state index contributed by atoms with van der Waals surface area (Å²) in [6.45, 7) is 0.120. The molecule has 0 aliphatic rings. The third kappa shape index (κ3) is 6.43. The number of benzene rings is 3. The van der Waals surface area contributed by atoms with Crippen molar-refractivity contribution in [3.8, 4) is 11.5 Å². The van der Waals surface area contributed by atoms with E-state index in [0.29, 0.717) is 11.3 Å². The predicted molar refractivity (Wildman–Crippen MR) is 136 cm³/mol. The van der Waals surface area contributed by atoms with Gasteiger partial charge in [0.1, 0.15) is 16.5 Å². The monoisotopic (exact) mass is 563 g/mol. The summed E-state index contributed by atoms with van der Waals surface area (Å²) in [4.78, 5) is 14.5. The zero-order chi connectivity index (χ0) is 26.6. The maximum atomic E-state index is 13.8. The van der Waals surface area contributed by atoms with E-state index in [2.05, 4.69) is 0 Å². The highest BCUT2D eigenvalue weighted by atomic mass is 35.5. The molecule has 0 aliphatic heterocycles. The number of rotatable bonds is 9. The molecule has 1 amide bonds. The lowest BCUT2D eigenvalue weighted by Crippen LogP contribution is -2.30. The van der Waals surface area contributed by atoms with Crippen molar-refractivity contribution in [3.05, 3.63) is 112 Å². The number of nitrogens with zero attached hydrogens (tertiary/aromatic N) is 1. The molecular formula is C26H20Cl2FNO6S. The summed E-state index contributed by atoms with van der Waals surface area (Å²) in [6.07, 6.45) is 1.48. The van der Waals surface area contributed by atoms with Gasteiger partial charge in [0.05, 0.1) is 30.0 Å². The van der Waals surface area contributed by atoms with E-state index in [4.69, 9.17) is 36.5 Å². The van der Waals surface area contributed by atoms with Crippen molar-refractivity contribution in [1.82, 2.24) is 4.90 Å². The van der Waals surface area contributed by atoms with Gasteiger partial charge in [0, 0.05) is 12.1 Å². The maximum absolute atomic E-state index is 13.8. The van der Waals surface area contributed by atoms with Crippen LogP contribution in [0.25, 0.3) is 0 Å². The molecule has 7 nitrogen and oxygen atoms in total. The van der Waals surface area contributed by atoms with Crippen molar-refractivity contribution in [2.75, 3.05) is 7.11 Å². The number of furan rings is 1. The van der Waals surface area contributed by atoms with Gasteiger partial charge >= 0.3 is 10.1 Å². The van der Waals surface area contributed by atoms with Crippen LogP contribution < -0.4 is 8.92 Å². The largest absolute Gasteiger partial charge is 0.493 e. The third-order valence-electron chi connectivity index (χ3n) is 5.27. The average Bonchev–Trinajstić information content (AvgIpc) is 3.38. The van der Waals surface area contributed by atoms with E-state index in [0.717, 1.165) is 6.07 Å². The summed E-state index contributed by atoms with van der Waals surface area (Å²) in [5.74, 6) is -0.422. The van der Waals surface area contributed by atoms with Crippen molar-refractivity contribution in [2.45, 2.75) is 18.0 Å². The lowest BCUT2D eigenvalue weighted by molar-refractivity contribution is 0.0717. The fraction of sp³-hybridized carbons (Fsp3) is 0.115. The van der Waals surface area contributed by atoms with Crippen LogP contribution in [0.4, 0.5) is 4.39 Å². The van der Waals surface area contributed by atoms with E-state index in [1.165, 1.54) is 66.8 Å². The smallest absolute Gasteiger partial charge is 0.339 e. The molecule has 0 radical (unpaired) electrons. The van der Waals surface area contributed by atoms with E-state index in [9.17, 15) is 17.6 Å². The number of carbonyl (C=O) groups is 1. The Morgan fingerprint density at radius 1 is 0.946 bits per heavy atom. The molecule has 3 aromatic carbocycles. The fourth-order valence-electron chi connectivity index (χ4n) is 3.50. The van der Waals surface area contributed by atoms with Crippen LogP contribution in [0.2, 0.25) is 10.0 Å². The minimum Gasteiger partial charge on any atom is -0.493 e. The van der Waals surface area contributed by atoms with Crippen molar-refractivity contribution < 1.29 is 30.9 Å². The van der Waals surface area contributed by atoms with E-state index in [1.807, 2.05) is 0 Å². The summed E-state index contributed by atoms with van der Waals surface area (Å²) in [6, 6.07) is 17.2. The van der Waals surface area contributed by atoms with E-state index < -0.39 is 21.8 Å². The number of methoxy groups -OCH3 is 1. The van der Waals surface area contributed by atoms with Crippen LogP contribution in [0.5, 0.6) is 11.5 Å².